The number of thiazole rings is 1. The minimum Gasteiger partial charge on any atom is -0.497 e. The Hall–Kier alpha value is -4.23. The number of hydroxylamine groups is 2. The van der Waals surface area contributed by atoms with Crippen LogP contribution in [0, 0.1) is 0 Å². The molecule has 1 amide bonds. The molecule has 1 N–H and O–H groups in total. The number of likely N-dealkylation sites (N-methyl/N-ethyl adjacent to an activating group) is 1. The Labute approximate surface area is 256 Å². The molecule has 0 saturated carbocycles. The zero-order valence-electron chi connectivity index (χ0n) is 23.7. The SMILES string of the molecule is COc1ccc(C(Nc2ncc3sc(=O)n([C@H]4CS[C@@H](C(=O)N(C)OC)O4)c3n2)(c2ccccc2)c2ccccc2)cc1. The van der Waals surface area contributed by atoms with Crippen LogP contribution in [0.2, 0.25) is 0 Å². The smallest absolute Gasteiger partial charge is 0.311 e. The van der Waals surface area contributed by atoms with Crippen molar-refractivity contribution < 1.29 is 19.1 Å². The van der Waals surface area contributed by atoms with Gasteiger partial charge in [0.15, 0.2) is 17.3 Å². The monoisotopic (exact) mass is 615 g/mol. The number of nitrogens with one attached hydrogen (secondary N) is 1. The Morgan fingerprint density at radius 2 is 1.63 bits per heavy atom. The first-order chi connectivity index (χ1) is 20.9. The van der Waals surface area contributed by atoms with Crippen molar-refractivity contribution in [3.8, 4) is 5.75 Å². The quantitative estimate of drug-likeness (QED) is 0.184. The molecule has 3 aromatic carbocycles. The van der Waals surface area contributed by atoms with Gasteiger partial charge in [-0.05, 0) is 28.8 Å². The van der Waals surface area contributed by atoms with Crippen LogP contribution in [0.15, 0.2) is 95.9 Å². The molecule has 0 bridgehead atoms. The van der Waals surface area contributed by atoms with Crippen LogP contribution in [0.1, 0.15) is 22.9 Å². The summed E-state index contributed by atoms with van der Waals surface area (Å²) in [5, 5.41) is 4.77. The van der Waals surface area contributed by atoms with Gasteiger partial charge in [-0.2, -0.15) is 4.98 Å². The van der Waals surface area contributed by atoms with Crippen molar-refractivity contribution >= 4 is 45.3 Å². The minimum atomic E-state index is -0.897. The summed E-state index contributed by atoms with van der Waals surface area (Å²) in [5.41, 5.74) is 1.61. The summed E-state index contributed by atoms with van der Waals surface area (Å²) in [7, 11) is 4.57. The number of hydrogen-bond acceptors (Lipinski definition) is 10. The van der Waals surface area contributed by atoms with Crippen molar-refractivity contribution in [3.63, 3.8) is 0 Å². The molecule has 5 aromatic rings. The molecule has 12 heteroatoms. The average molecular weight is 616 g/mol. The van der Waals surface area contributed by atoms with Gasteiger partial charge in [-0.25, -0.2) is 10.0 Å². The summed E-state index contributed by atoms with van der Waals surface area (Å²) >= 11 is 2.35. The van der Waals surface area contributed by atoms with E-state index < -0.39 is 17.2 Å². The average Bonchev–Trinajstić information content (AvgIpc) is 3.67. The van der Waals surface area contributed by atoms with Gasteiger partial charge in [0, 0.05) is 12.8 Å². The predicted octanol–water partition coefficient (Wildman–Crippen LogP) is 4.87. The van der Waals surface area contributed by atoms with Gasteiger partial charge in [0.1, 0.15) is 11.3 Å². The van der Waals surface area contributed by atoms with Gasteiger partial charge in [-0.3, -0.25) is 19.0 Å². The van der Waals surface area contributed by atoms with E-state index in [1.807, 2.05) is 60.7 Å². The van der Waals surface area contributed by atoms with E-state index in [-0.39, 0.29) is 10.8 Å². The Balaban J connectivity index is 1.46. The number of hydrogen-bond donors (Lipinski definition) is 1. The number of fused-ring (bicyclic) bond motifs is 1. The van der Waals surface area contributed by atoms with Crippen LogP contribution in [0.5, 0.6) is 5.75 Å². The van der Waals surface area contributed by atoms with Crippen LogP contribution in [0.3, 0.4) is 0 Å². The first-order valence-corrected chi connectivity index (χ1v) is 15.3. The van der Waals surface area contributed by atoms with E-state index in [0.29, 0.717) is 22.0 Å². The number of benzene rings is 3. The molecular formula is C31H29N5O5S2. The topological polar surface area (TPSA) is 108 Å². The standard InChI is InChI=1S/C31H29N5O5S2/c1-35(40-3)27(37)28-41-25(19-42-28)36-26-24(43-30(36)38)18-32-29(33-26)34-31(20-10-6-4-7-11-20,21-12-8-5-9-13-21)22-14-16-23(39-2)17-15-22/h4-18,25,28H,19H2,1-3H3,(H,32,33,34)/t25-,28+/m1/s1. The fourth-order valence-corrected chi connectivity index (χ4v) is 7.04. The van der Waals surface area contributed by atoms with Crippen LogP contribution < -0.4 is 14.9 Å². The van der Waals surface area contributed by atoms with Crippen molar-refractivity contribution in [2.24, 2.45) is 0 Å². The summed E-state index contributed by atoms with van der Waals surface area (Å²) in [5.74, 6) is 1.12. The predicted molar refractivity (Wildman–Crippen MR) is 167 cm³/mol. The molecule has 43 heavy (non-hydrogen) atoms. The Morgan fingerprint density at radius 3 is 2.23 bits per heavy atom. The van der Waals surface area contributed by atoms with E-state index >= 15 is 0 Å². The number of thioether (sulfide) groups is 1. The maximum absolute atomic E-state index is 13.2. The molecule has 6 rings (SSSR count). The van der Waals surface area contributed by atoms with Gasteiger partial charge in [0.25, 0.3) is 5.91 Å². The summed E-state index contributed by atoms with van der Waals surface area (Å²) in [6.45, 7) is 0. The molecule has 1 saturated heterocycles. The molecule has 0 radical (unpaired) electrons. The van der Waals surface area contributed by atoms with Crippen molar-refractivity contribution in [3.05, 3.63) is 117 Å². The third kappa shape index (κ3) is 5.38. The lowest BCUT2D eigenvalue weighted by Gasteiger charge is -2.37. The third-order valence-electron chi connectivity index (χ3n) is 7.34. The highest BCUT2D eigenvalue weighted by Gasteiger charge is 2.39. The number of nitrogens with zero attached hydrogens (tertiary/aromatic N) is 4. The van der Waals surface area contributed by atoms with E-state index in [2.05, 4.69) is 34.6 Å². The number of aromatic nitrogens is 3. The van der Waals surface area contributed by atoms with Gasteiger partial charge >= 0.3 is 4.87 Å². The zero-order valence-corrected chi connectivity index (χ0v) is 25.3. The molecule has 0 aliphatic carbocycles. The number of methoxy groups -OCH3 is 1. The van der Waals surface area contributed by atoms with Gasteiger partial charge in [-0.1, -0.05) is 84.1 Å². The lowest BCUT2D eigenvalue weighted by atomic mass is 9.77. The zero-order chi connectivity index (χ0) is 30.0. The summed E-state index contributed by atoms with van der Waals surface area (Å²) in [4.78, 5) is 40.1. The maximum atomic E-state index is 13.2. The fourth-order valence-electron chi connectivity index (χ4n) is 5.15. The van der Waals surface area contributed by atoms with E-state index in [0.717, 1.165) is 38.8 Å². The summed E-state index contributed by atoms with van der Waals surface area (Å²) in [6.07, 6.45) is 0.966. The molecule has 1 aliphatic rings. The molecule has 220 valence electrons. The van der Waals surface area contributed by atoms with Crippen molar-refractivity contribution in [2.45, 2.75) is 17.2 Å². The highest BCUT2D eigenvalue weighted by Crippen LogP contribution is 2.40. The first-order valence-electron chi connectivity index (χ1n) is 13.4. The summed E-state index contributed by atoms with van der Waals surface area (Å²) in [6, 6.07) is 28.0. The molecule has 1 aliphatic heterocycles. The van der Waals surface area contributed by atoms with E-state index in [4.69, 9.17) is 19.3 Å². The number of amides is 1. The molecule has 2 aromatic heterocycles. The van der Waals surface area contributed by atoms with Crippen LogP contribution in [0.4, 0.5) is 5.95 Å². The van der Waals surface area contributed by atoms with Crippen molar-refractivity contribution in [1.29, 1.82) is 0 Å². The molecule has 2 atom stereocenters. The van der Waals surface area contributed by atoms with Crippen LogP contribution in [-0.2, 0) is 19.9 Å². The Morgan fingerprint density at radius 1 is 1.00 bits per heavy atom. The number of ether oxygens (including phenoxy) is 2. The second kappa shape index (κ2) is 12.2. The van der Waals surface area contributed by atoms with E-state index in [1.165, 1.54) is 30.5 Å². The molecule has 0 spiro atoms. The van der Waals surface area contributed by atoms with Gasteiger partial charge in [-0.15, -0.1) is 11.8 Å². The Kier molecular flexibility index (Phi) is 8.17. The molecule has 1 fully saturated rings. The van der Waals surface area contributed by atoms with Gasteiger partial charge in [0.05, 0.1) is 25.1 Å². The van der Waals surface area contributed by atoms with Crippen LogP contribution >= 0.6 is 23.1 Å². The lowest BCUT2D eigenvalue weighted by molar-refractivity contribution is -0.177. The van der Waals surface area contributed by atoms with Gasteiger partial charge < -0.3 is 14.8 Å². The number of anilines is 1. The molecule has 10 nitrogen and oxygen atoms in total. The number of rotatable bonds is 9. The van der Waals surface area contributed by atoms with Gasteiger partial charge in [0.2, 0.25) is 5.95 Å². The van der Waals surface area contributed by atoms with Crippen molar-refractivity contribution in [1.82, 2.24) is 19.6 Å². The highest BCUT2D eigenvalue weighted by atomic mass is 32.2. The molecule has 0 unspecified atom stereocenters. The number of carbonyl (C=O) groups excluding carboxylic acids is 1. The summed E-state index contributed by atoms with van der Waals surface area (Å²) < 4.78 is 13.6. The third-order valence-corrected chi connectivity index (χ3v) is 9.31. The maximum Gasteiger partial charge on any atom is 0.311 e. The Bertz CT molecular complexity index is 1740. The molecular weight excluding hydrogens is 587 g/mol. The van der Waals surface area contributed by atoms with Crippen molar-refractivity contribution in [2.75, 3.05) is 32.3 Å². The normalized spacial score (nSPS) is 16.7. The van der Waals surface area contributed by atoms with E-state index in [1.54, 1.807) is 13.3 Å². The highest BCUT2D eigenvalue weighted by molar-refractivity contribution is 8.00. The number of carbonyl (C=O) groups is 1. The largest absolute Gasteiger partial charge is 0.497 e. The molecule has 3 heterocycles. The van der Waals surface area contributed by atoms with E-state index in [9.17, 15) is 9.59 Å². The fraction of sp³-hybridized carbons (Fsp3) is 0.226. The minimum absolute atomic E-state index is 0.243. The first kappa shape index (κ1) is 28.9. The second-order valence-corrected chi connectivity index (χ2v) is 11.8. The van der Waals surface area contributed by atoms with Crippen LogP contribution in [-0.4, -0.2) is 58.0 Å². The lowest BCUT2D eigenvalue weighted by Crippen LogP contribution is -2.38. The van der Waals surface area contributed by atoms with Crippen LogP contribution in [0.25, 0.3) is 10.3 Å². The second-order valence-electron chi connectivity index (χ2n) is 9.73.